The van der Waals surface area contributed by atoms with Gasteiger partial charge in [-0.2, -0.15) is 0 Å². The maximum atomic E-state index is 2.47. The van der Waals surface area contributed by atoms with Gasteiger partial charge in [-0.15, -0.1) is 11.8 Å². The smallest absolute Gasteiger partial charge is 0.230 e. The zero-order valence-corrected chi connectivity index (χ0v) is 22.6. The Hall–Kier alpha value is -1.22. The number of aryl methyl sites for hydroxylation is 1. The summed E-state index contributed by atoms with van der Waals surface area (Å²) in [4.78, 5) is 0. The Balaban J connectivity index is 1.62. The van der Waals surface area contributed by atoms with Crippen LogP contribution < -0.4 is 4.57 Å². The second kappa shape index (κ2) is 19.1. The normalized spacial score (nSPS) is 11.3. The third-order valence-electron chi connectivity index (χ3n) is 6.63. The Morgan fingerprint density at radius 2 is 1.21 bits per heavy atom. The van der Waals surface area contributed by atoms with E-state index >= 15 is 0 Å². The van der Waals surface area contributed by atoms with E-state index < -0.39 is 0 Å². The topological polar surface area (TPSA) is 8.81 Å². The maximum Gasteiger partial charge on any atom is 0.289 e. The van der Waals surface area contributed by atoms with Gasteiger partial charge in [0.1, 0.15) is 18.3 Å². The molecule has 186 valence electrons. The van der Waals surface area contributed by atoms with Gasteiger partial charge < -0.3 is 0 Å². The van der Waals surface area contributed by atoms with Gasteiger partial charge in [0, 0.05) is 0 Å². The molecule has 2 aromatic rings. The highest BCUT2D eigenvalue weighted by atomic mass is 32.2. The standard InChI is InChI=1S/C30H51N2S/c1-3-5-7-9-10-11-12-13-14-15-16-21-27-33-28-32-26-25-31(24-20-8-6-4-2)30(32)29-22-18-17-19-23-29/h17-19,22-23,25-26H,3-16,20-21,24,27-28H2,1-2H3/q+1. The first-order valence-electron chi connectivity index (χ1n) is 14.1. The summed E-state index contributed by atoms with van der Waals surface area (Å²) >= 11 is 2.09. The third kappa shape index (κ3) is 12.2. The zero-order valence-electron chi connectivity index (χ0n) is 21.8. The highest BCUT2D eigenvalue weighted by molar-refractivity contribution is 7.98. The number of rotatable bonds is 21. The molecule has 0 radical (unpaired) electrons. The number of hydrogen-bond acceptors (Lipinski definition) is 1. The van der Waals surface area contributed by atoms with Gasteiger partial charge >= 0.3 is 0 Å². The minimum absolute atomic E-state index is 1.06. The molecule has 0 aliphatic carbocycles. The molecular formula is C30H51N2S+. The van der Waals surface area contributed by atoms with Crippen LogP contribution in [0.25, 0.3) is 11.4 Å². The minimum atomic E-state index is 1.06. The Bertz CT molecular complexity index is 695. The molecule has 0 fully saturated rings. The predicted octanol–water partition coefficient (Wildman–Crippen LogP) is 9.41. The van der Waals surface area contributed by atoms with Crippen LogP contribution in [-0.4, -0.2) is 10.3 Å². The quantitative estimate of drug-likeness (QED) is 0.130. The van der Waals surface area contributed by atoms with Crippen LogP contribution in [0.1, 0.15) is 117 Å². The van der Waals surface area contributed by atoms with Crippen molar-refractivity contribution >= 4 is 11.8 Å². The molecule has 2 nitrogen and oxygen atoms in total. The summed E-state index contributed by atoms with van der Waals surface area (Å²) in [5.74, 6) is 3.71. The second-order valence-electron chi connectivity index (χ2n) is 9.64. The van der Waals surface area contributed by atoms with Crippen molar-refractivity contribution in [2.45, 2.75) is 129 Å². The molecule has 1 heterocycles. The van der Waals surface area contributed by atoms with Gasteiger partial charge in [0.2, 0.25) is 0 Å². The Morgan fingerprint density at radius 1 is 0.667 bits per heavy atom. The fourth-order valence-corrected chi connectivity index (χ4v) is 5.53. The molecule has 0 aliphatic rings. The number of hydrogen-bond donors (Lipinski definition) is 0. The van der Waals surface area contributed by atoms with E-state index in [4.69, 9.17) is 0 Å². The molecule has 0 spiro atoms. The fourth-order valence-electron chi connectivity index (χ4n) is 4.59. The van der Waals surface area contributed by atoms with Gasteiger partial charge in [0.05, 0.1) is 12.1 Å². The van der Waals surface area contributed by atoms with Crippen molar-refractivity contribution < 1.29 is 4.57 Å². The molecular weight excluding hydrogens is 420 g/mol. The molecule has 0 amide bonds. The maximum absolute atomic E-state index is 2.47. The number of nitrogens with zero attached hydrogens (tertiary/aromatic N) is 2. The number of imidazole rings is 1. The van der Waals surface area contributed by atoms with E-state index in [9.17, 15) is 0 Å². The van der Waals surface area contributed by atoms with Crippen molar-refractivity contribution in [2.75, 3.05) is 5.75 Å². The van der Waals surface area contributed by atoms with Gasteiger partial charge in [-0.3, -0.25) is 0 Å². The first kappa shape index (κ1) is 28.0. The lowest BCUT2D eigenvalue weighted by molar-refractivity contribution is -0.664. The van der Waals surface area contributed by atoms with Crippen molar-refractivity contribution in [2.24, 2.45) is 0 Å². The summed E-state index contributed by atoms with van der Waals surface area (Å²) in [6, 6.07) is 10.9. The van der Waals surface area contributed by atoms with E-state index in [0.717, 1.165) is 12.4 Å². The van der Waals surface area contributed by atoms with Crippen LogP contribution >= 0.6 is 11.8 Å². The molecule has 1 aromatic heterocycles. The molecule has 3 heteroatoms. The van der Waals surface area contributed by atoms with Crippen LogP contribution in [0.15, 0.2) is 42.7 Å². The summed E-state index contributed by atoms with van der Waals surface area (Å²) in [6.07, 6.45) is 27.0. The molecule has 0 aliphatic heterocycles. The van der Waals surface area contributed by atoms with E-state index in [1.54, 1.807) is 0 Å². The van der Waals surface area contributed by atoms with Crippen LogP contribution in [0.4, 0.5) is 0 Å². The molecule has 0 atom stereocenters. The molecule has 33 heavy (non-hydrogen) atoms. The molecule has 0 unspecified atom stereocenters. The molecule has 0 bridgehead atoms. The largest absolute Gasteiger partial charge is 0.289 e. The summed E-state index contributed by atoms with van der Waals surface area (Å²) in [5.41, 5.74) is 1.34. The third-order valence-corrected chi connectivity index (χ3v) is 7.67. The number of aromatic nitrogens is 2. The molecule has 0 saturated heterocycles. The molecule has 2 rings (SSSR count). The highest BCUT2D eigenvalue weighted by Gasteiger charge is 2.18. The average molecular weight is 472 g/mol. The van der Waals surface area contributed by atoms with Crippen molar-refractivity contribution in [3.05, 3.63) is 42.7 Å². The minimum Gasteiger partial charge on any atom is -0.230 e. The van der Waals surface area contributed by atoms with Crippen molar-refractivity contribution in [1.29, 1.82) is 0 Å². The first-order chi connectivity index (χ1) is 16.4. The van der Waals surface area contributed by atoms with E-state index in [2.05, 4.69) is 77.5 Å². The van der Waals surface area contributed by atoms with Gasteiger partial charge in [0.25, 0.3) is 5.82 Å². The van der Waals surface area contributed by atoms with E-state index in [1.807, 2.05) is 0 Å². The van der Waals surface area contributed by atoms with E-state index in [1.165, 1.54) is 120 Å². The summed E-state index contributed by atoms with van der Waals surface area (Å²) in [6.45, 7) is 5.71. The Kier molecular flexibility index (Phi) is 16.2. The molecule has 0 saturated carbocycles. The lowest BCUT2D eigenvalue weighted by Gasteiger charge is -2.06. The van der Waals surface area contributed by atoms with Crippen LogP contribution in [0, 0.1) is 0 Å². The van der Waals surface area contributed by atoms with Crippen LogP contribution in [0.2, 0.25) is 0 Å². The second-order valence-corrected chi connectivity index (χ2v) is 10.7. The van der Waals surface area contributed by atoms with E-state index in [0.29, 0.717) is 0 Å². The number of benzene rings is 1. The SMILES string of the molecule is CCCCCCCCCCCCCCSC[n+]1ccn(CCCCCC)c1-c1ccccc1. The summed E-state index contributed by atoms with van der Waals surface area (Å²) in [7, 11) is 0. The summed E-state index contributed by atoms with van der Waals surface area (Å²) < 4.78 is 4.93. The van der Waals surface area contributed by atoms with Crippen molar-refractivity contribution in [3.63, 3.8) is 0 Å². The molecule has 1 aromatic carbocycles. The average Bonchev–Trinajstić information content (AvgIpc) is 3.25. The Labute approximate surface area is 209 Å². The number of unbranched alkanes of at least 4 members (excludes halogenated alkanes) is 14. The van der Waals surface area contributed by atoms with Crippen molar-refractivity contribution in [3.8, 4) is 11.4 Å². The zero-order chi connectivity index (χ0) is 23.4. The number of thioether (sulfide) groups is 1. The van der Waals surface area contributed by atoms with Crippen molar-refractivity contribution in [1.82, 2.24) is 4.57 Å². The monoisotopic (exact) mass is 471 g/mol. The van der Waals surface area contributed by atoms with Gasteiger partial charge in [-0.05, 0) is 37.1 Å². The first-order valence-corrected chi connectivity index (χ1v) is 15.2. The Morgan fingerprint density at radius 3 is 1.82 bits per heavy atom. The van der Waals surface area contributed by atoms with Crippen LogP contribution in [-0.2, 0) is 12.4 Å². The highest BCUT2D eigenvalue weighted by Crippen LogP contribution is 2.19. The van der Waals surface area contributed by atoms with Crippen LogP contribution in [0.5, 0.6) is 0 Å². The predicted molar refractivity (Wildman–Crippen MR) is 148 cm³/mol. The fraction of sp³-hybridized carbons (Fsp3) is 0.700. The van der Waals surface area contributed by atoms with Gasteiger partial charge in [-0.25, -0.2) is 9.13 Å². The van der Waals surface area contributed by atoms with Gasteiger partial charge in [-0.1, -0.05) is 116 Å². The molecule has 0 N–H and O–H groups in total. The van der Waals surface area contributed by atoms with Gasteiger partial charge in [0.15, 0.2) is 0 Å². The lowest BCUT2D eigenvalue weighted by atomic mass is 10.1. The lowest BCUT2D eigenvalue weighted by Crippen LogP contribution is -2.33. The summed E-state index contributed by atoms with van der Waals surface area (Å²) in [5, 5.41) is 0. The van der Waals surface area contributed by atoms with Crippen LogP contribution in [0.3, 0.4) is 0 Å². The van der Waals surface area contributed by atoms with E-state index in [-0.39, 0.29) is 0 Å².